The van der Waals surface area contributed by atoms with Crippen LogP contribution in [0, 0.1) is 11.3 Å². The van der Waals surface area contributed by atoms with Gasteiger partial charge in [-0.15, -0.1) is 0 Å². The molecule has 1 aromatic carbocycles. The lowest BCUT2D eigenvalue weighted by Crippen LogP contribution is -1.97. The fourth-order valence-electron chi connectivity index (χ4n) is 1.23. The summed E-state index contributed by atoms with van der Waals surface area (Å²) < 4.78 is 0. The van der Waals surface area contributed by atoms with Crippen molar-refractivity contribution in [2.24, 2.45) is 0 Å². The molecule has 1 aromatic rings. The molecule has 14 heavy (non-hydrogen) atoms. The van der Waals surface area contributed by atoms with Gasteiger partial charge in [-0.25, -0.2) is 0 Å². The van der Waals surface area contributed by atoms with Crippen molar-refractivity contribution in [2.75, 3.05) is 0 Å². The van der Waals surface area contributed by atoms with Crippen LogP contribution in [-0.2, 0) is 0 Å². The van der Waals surface area contributed by atoms with Gasteiger partial charge in [0.1, 0.15) is 0 Å². The highest BCUT2D eigenvalue weighted by Crippen LogP contribution is 2.15. The molecule has 0 spiro atoms. The number of hydrogen-bond donors (Lipinski definition) is 0. The molecule has 1 rings (SSSR count). The minimum atomic E-state index is -0.109. The van der Waals surface area contributed by atoms with Crippen LogP contribution in [0.2, 0.25) is 0 Å². The van der Waals surface area contributed by atoms with Crippen molar-refractivity contribution >= 4 is 5.78 Å². The van der Waals surface area contributed by atoms with Gasteiger partial charge in [0.05, 0.1) is 12.5 Å². The first-order valence-corrected chi connectivity index (χ1v) is 4.65. The van der Waals surface area contributed by atoms with Crippen molar-refractivity contribution in [3.05, 3.63) is 35.4 Å². The van der Waals surface area contributed by atoms with E-state index in [0.29, 0.717) is 11.5 Å². The van der Waals surface area contributed by atoms with Gasteiger partial charge in [0.2, 0.25) is 0 Å². The van der Waals surface area contributed by atoms with E-state index in [-0.39, 0.29) is 12.2 Å². The van der Waals surface area contributed by atoms with Crippen LogP contribution in [0.1, 0.15) is 42.1 Å². The number of nitrogens with zero attached hydrogens (tertiary/aromatic N) is 1. The van der Waals surface area contributed by atoms with Crippen molar-refractivity contribution in [3.8, 4) is 6.07 Å². The summed E-state index contributed by atoms with van der Waals surface area (Å²) in [5, 5.41) is 8.37. The van der Waals surface area contributed by atoms with Crippen molar-refractivity contribution in [3.63, 3.8) is 0 Å². The van der Waals surface area contributed by atoms with Crippen LogP contribution in [0.5, 0.6) is 0 Å². The minimum Gasteiger partial charge on any atom is -0.293 e. The molecule has 0 aromatic heterocycles. The summed E-state index contributed by atoms with van der Waals surface area (Å²) in [7, 11) is 0. The standard InChI is InChI=1S/C12H13NO/c1-9(2)10-3-5-11(6-4-10)12(14)7-8-13/h3-6,9H,7H2,1-2H3. The monoisotopic (exact) mass is 187 g/mol. The van der Waals surface area contributed by atoms with Crippen LogP contribution in [0.4, 0.5) is 0 Å². The van der Waals surface area contributed by atoms with Gasteiger partial charge in [-0.05, 0) is 11.5 Å². The van der Waals surface area contributed by atoms with Crippen LogP contribution in [-0.4, -0.2) is 5.78 Å². The molecule has 0 aliphatic rings. The van der Waals surface area contributed by atoms with E-state index in [1.807, 2.05) is 18.2 Å². The largest absolute Gasteiger partial charge is 0.293 e. The number of benzene rings is 1. The lowest BCUT2D eigenvalue weighted by atomic mass is 10.00. The molecule has 0 heterocycles. The second-order valence-electron chi connectivity index (χ2n) is 3.53. The SMILES string of the molecule is CC(C)c1ccc(C(=O)CC#N)cc1. The van der Waals surface area contributed by atoms with Gasteiger partial charge in [0.15, 0.2) is 5.78 Å². The summed E-state index contributed by atoms with van der Waals surface area (Å²) in [4.78, 5) is 11.3. The molecule has 72 valence electrons. The van der Waals surface area contributed by atoms with E-state index in [2.05, 4.69) is 13.8 Å². The lowest BCUT2D eigenvalue weighted by Gasteiger charge is -2.05. The summed E-state index contributed by atoms with van der Waals surface area (Å²) >= 11 is 0. The number of rotatable bonds is 3. The Labute approximate surface area is 84.2 Å². The van der Waals surface area contributed by atoms with E-state index in [1.54, 1.807) is 12.1 Å². The first kappa shape index (κ1) is 10.5. The van der Waals surface area contributed by atoms with Crippen LogP contribution in [0.15, 0.2) is 24.3 Å². The zero-order chi connectivity index (χ0) is 10.6. The molecule has 0 aliphatic heterocycles. The normalized spacial score (nSPS) is 9.86. The third-order valence-electron chi connectivity index (χ3n) is 2.14. The molecule has 0 unspecified atom stereocenters. The first-order valence-electron chi connectivity index (χ1n) is 4.65. The van der Waals surface area contributed by atoms with Crippen LogP contribution in [0.25, 0.3) is 0 Å². The molecular weight excluding hydrogens is 174 g/mol. The van der Waals surface area contributed by atoms with E-state index in [4.69, 9.17) is 5.26 Å². The number of ketones is 1. The third kappa shape index (κ3) is 2.43. The lowest BCUT2D eigenvalue weighted by molar-refractivity contribution is 0.0997. The maximum atomic E-state index is 11.3. The molecule has 0 aliphatic carbocycles. The highest BCUT2D eigenvalue weighted by atomic mass is 16.1. The summed E-state index contributed by atoms with van der Waals surface area (Å²) in [5.74, 6) is 0.359. The summed E-state index contributed by atoms with van der Waals surface area (Å²) in [6.45, 7) is 4.21. The van der Waals surface area contributed by atoms with Crippen LogP contribution in [0.3, 0.4) is 0 Å². The second-order valence-corrected chi connectivity index (χ2v) is 3.53. The Balaban J connectivity index is 2.84. The molecule has 0 atom stereocenters. The molecule has 0 radical (unpaired) electrons. The molecule has 2 nitrogen and oxygen atoms in total. The fraction of sp³-hybridized carbons (Fsp3) is 0.333. The van der Waals surface area contributed by atoms with E-state index >= 15 is 0 Å². The van der Waals surface area contributed by atoms with Crippen molar-refractivity contribution < 1.29 is 4.79 Å². The Kier molecular flexibility index (Phi) is 3.41. The Hall–Kier alpha value is -1.62. The smallest absolute Gasteiger partial charge is 0.176 e. The molecule has 0 fully saturated rings. The van der Waals surface area contributed by atoms with Crippen molar-refractivity contribution in [1.29, 1.82) is 5.26 Å². The Morgan fingerprint density at radius 3 is 2.36 bits per heavy atom. The van der Waals surface area contributed by atoms with Gasteiger partial charge in [-0.2, -0.15) is 5.26 Å². The predicted octanol–water partition coefficient (Wildman–Crippen LogP) is 2.91. The summed E-state index contributed by atoms with van der Waals surface area (Å²) in [6, 6.07) is 9.31. The van der Waals surface area contributed by atoms with Crippen molar-refractivity contribution in [2.45, 2.75) is 26.2 Å². The maximum Gasteiger partial charge on any atom is 0.176 e. The molecular formula is C12H13NO. The number of carbonyl (C=O) groups excluding carboxylic acids is 1. The average molecular weight is 187 g/mol. The molecule has 0 amide bonds. The van der Waals surface area contributed by atoms with Gasteiger partial charge in [-0.3, -0.25) is 4.79 Å². The van der Waals surface area contributed by atoms with Gasteiger partial charge in [-0.1, -0.05) is 38.1 Å². The quantitative estimate of drug-likeness (QED) is 0.682. The molecule has 0 saturated heterocycles. The molecule has 0 bridgehead atoms. The third-order valence-corrected chi connectivity index (χ3v) is 2.14. The van der Waals surface area contributed by atoms with Gasteiger partial charge >= 0.3 is 0 Å². The van der Waals surface area contributed by atoms with Crippen LogP contribution < -0.4 is 0 Å². The van der Waals surface area contributed by atoms with E-state index in [1.165, 1.54) is 5.56 Å². The highest BCUT2D eigenvalue weighted by Gasteiger charge is 2.05. The molecule has 2 heteroatoms. The van der Waals surface area contributed by atoms with E-state index in [9.17, 15) is 4.79 Å². The Bertz CT molecular complexity index is 357. The molecule has 0 N–H and O–H groups in total. The number of hydrogen-bond acceptors (Lipinski definition) is 2. The zero-order valence-corrected chi connectivity index (χ0v) is 8.45. The topological polar surface area (TPSA) is 40.9 Å². The van der Waals surface area contributed by atoms with E-state index < -0.39 is 0 Å². The van der Waals surface area contributed by atoms with E-state index in [0.717, 1.165) is 0 Å². The molecule has 0 saturated carbocycles. The Morgan fingerprint density at radius 2 is 1.93 bits per heavy atom. The highest BCUT2D eigenvalue weighted by molar-refractivity contribution is 5.97. The van der Waals surface area contributed by atoms with Crippen molar-refractivity contribution in [1.82, 2.24) is 0 Å². The minimum absolute atomic E-state index is 0.0406. The Morgan fingerprint density at radius 1 is 1.36 bits per heavy atom. The predicted molar refractivity (Wildman–Crippen MR) is 55.1 cm³/mol. The zero-order valence-electron chi connectivity index (χ0n) is 8.45. The van der Waals surface area contributed by atoms with Gasteiger partial charge in [0.25, 0.3) is 0 Å². The first-order chi connectivity index (χ1) is 6.65. The summed E-state index contributed by atoms with van der Waals surface area (Å²) in [5.41, 5.74) is 1.83. The second kappa shape index (κ2) is 4.57. The van der Waals surface area contributed by atoms with Gasteiger partial charge in [0, 0.05) is 5.56 Å². The van der Waals surface area contributed by atoms with Crippen LogP contribution >= 0.6 is 0 Å². The average Bonchev–Trinajstić information content (AvgIpc) is 2.18. The van der Waals surface area contributed by atoms with Gasteiger partial charge < -0.3 is 0 Å². The number of Topliss-reactive ketones (excluding diaryl/α,β-unsaturated/α-hetero) is 1. The maximum absolute atomic E-state index is 11.3. The number of carbonyl (C=O) groups is 1. The summed E-state index contributed by atoms with van der Waals surface area (Å²) in [6.07, 6.45) is -0.0406. The fourth-order valence-corrected chi connectivity index (χ4v) is 1.23. The number of nitriles is 1.